The third-order valence-electron chi connectivity index (χ3n) is 1.88. The summed E-state index contributed by atoms with van der Waals surface area (Å²) in [5, 5.41) is 0.138. The van der Waals surface area contributed by atoms with E-state index in [9.17, 15) is 18.0 Å². The van der Waals surface area contributed by atoms with Crippen LogP contribution in [0.1, 0.15) is 35.1 Å². The molecule has 0 aliphatic rings. The third-order valence-corrected chi connectivity index (χ3v) is 2.45. The Kier molecular flexibility index (Phi) is 4.92. The van der Waals surface area contributed by atoms with Crippen LogP contribution in [0.4, 0.5) is 13.2 Å². The monoisotopic (exact) mass is 311 g/mol. The highest BCUT2D eigenvalue weighted by Crippen LogP contribution is 2.24. The number of carbonyl (C=O) groups is 1. The molecule has 0 unspecified atom stereocenters. The number of ether oxygens (including phenoxy) is 1. The molecule has 0 spiro atoms. The quantitative estimate of drug-likeness (QED) is 0.633. The Hall–Kier alpha value is -1.11. The summed E-state index contributed by atoms with van der Waals surface area (Å²) in [7, 11) is 0. The molecule has 1 rings (SSSR count). The fourth-order valence-electron chi connectivity index (χ4n) is 1.17. The lowest BCUT2D eigenvalue weighted by molar-refractivity contribution is 0.0519. The van der Waals surface area contributed by atoms with Crippen LogP contribution in [0.5, 0.6) is 0 Å². The van der Waals surface area contributed by atoms with Gasteiger partial charge in [-0.25, -0.2) is 22.9 Å². The molecular weight excluding hydrogens is 303 g/mol. The van der Waals surface area contributed by atoms with Gasteiger partial charge in [0, 0.05) is 5.33 Å². The highest BCUT2D eigenvalue weighted by atomic mass is 79.9. The summed E-state index contributed by atoms with van der Waals surface area (Å²) in [6.45, 7) is 1.57. The smallest absolute Gasteiger partial charge is 0.341 e. The molecule has 1 heterocycles. The van der Waals surface area contributed by atoms with Crippen molar-refractivity contribution in [2.24, 2.45) is 0 Å². The van der Waals surface area contributed by atoms with Gasteiger partial charge in [-0.3, -0.25) is 0 Å². The summed E-state index contributed by atoms with van der Waals surface area (Å²) in [6, 6.07) is 1.09. The standard InChI is InChI=1S/C10H9BrF3NO2/c1-2-17-10(16)6-3-5(4-11)15-8(7(6)12)9(13)14/h3,9H,2,4H2,1H3. The van der Waals surface area contributed by atoms with Crippen molar-refractivity contribution in [2.45, 2.75) is 18.7 Å². The first kappa shape index (κ1) is 14.0. The van der Waals surface area contributed by atoms with Crippen molar-refractivity contribution in [3.63, 3.8) is 0 Å². The van der Waals surface area contributed by atoms with Gasteiger partial charge < -0.3 is 4.74 Å². The van der Waals surface area contributed by atoms with Gasteiger partial charge in [-0.15, -0.1) is 0 Å². The van der Waals surface area contributed by atoms with Gasteiger partial charge in [-0.05, 0) is 13.0 Å². The maximum absolute atomic E-state index is 13.6. The van der Waals surface area contributed by atoms with Gasteiger partial charge >= 0.3 is 5.97 Å². The average Bonchev–Trinajstić information content (AvgIpc) is 2.29. The highest BCUT2D eigenvalue weighted by molar-refractivity contribution is 9.08. The molecule has 0 saturated carbocycles. The van der Waals surface area contributed by atoms with Crippen LogP contribution in [0.15, 0.2) is 6.07 Å². The van der Waals surface area contributed by atoms with E-state index in [0.29, 0.717) is 0 Å². The van der Waals surface area contributed by atoms with E-state index in [-0.39, 0.29) is 17.6 Å². The second kappa shape index (κ2) is 6.00. The number of nitrogens with zero attached hydrogens (tertiary/aromatic N) is 1. The molecule has 0 fully saturated rings. The number of esters is 1. The Balaban J connectivity index is 3.28. The zero-order chi connectivity index (χ0) is 13.0. The third kappa shape index (κ3) is 3.18. The number of pyridine rings is 1. The molecule has 1 aromatic rings. The summed E-state index contributed by atoms with van der Waals surface area (Å²) in [5.74, 6) is -2.31. The number of alkyl halides is 3. The van der Waals surface area contributed by atoms with Gasteiger partial charge in [0.05, 0.1) is 17.9 Å². The molecule has 7 heteroatoms. The molecule has 0 amide bonds. The molecule has 0 aromatic carbocycles. The number of carbonyl (C=O) groups excluding carboxylic acids is 1. The van der Waals surface area contributed by atoms with Gasteiger partial charge in [0.1, 0.15) is 5.69 Å². The number of rotatable bonds is 4. The van der Waals surface area contributed by atoms with Gasteiger partial charge in [0.15, 0.2) is 5.82 Å². The summed E-state index contributed by atoms with van der Waals surface area (Å²) >= 11 is 3.01. The SMILES string of the molecule is CCOC(=O)c1cc(CBr)nc(C(F)F)c1F. The zero-order valence-electron chi connectivity index (χ0n) is 8.84. The maximum atomic E-state index is 13.6. The average molecular weight is 312 g/mol. The van der Waals surface area contributed by atoms with Crippen molar-refractivity contribution in [1.82, 2.24) is 4.98 Å². The molecule has 1 aromatic heterocycles. The van der Waals surface area contributed by atoms with Gasteiger partial charge in [-0.1, -0.05) is 15.9 Å². The van der Waals surface area contributed by atoms with Crippen molar-refractivity contribution in [3.8, 4) is 0 Å². The van der Waals surface area contributed by atoms with E-state index in [1.807, 2.05) is 0 Å². The van der Waals surface area contributed by atoms with E-state index >= 15 is 0 Å². The van der Waals surface area contributed by atoms with Crippen molar-refractivity contribution in [2.75, 3.05) is 6.61 Å². The van der Waals surface area contributed by atoms with Crippen LogP contribution in [0.3, 0.4) is 0 Å². The summed E-state index contributed by atoms with van der Waals surface area (Å²) < 4.78 is 43.1. The molecule has 0 bridgehead atoms. The van der Waals surface area contributed by atoms with Crippen LogP contribution in [-0.2, 0) is 10.1 Å². The van der Waals surface area contributed by atoms with Crippen LogP contribution in [-0.4, -0.2) is 17.6 Å². The molecule has 17 heavy (non-hydrogen) atoms. The van der Waals surface area contributed by atoms with E-state index in [2.05, 4.69) is 25.7 Å². The Morgan fingerprint density at radius 2 is 2.24 bits per heavy atom. The normalized spacial score (nSPS) is 10.7. The van der Waals surface area contributed by atoms with E-state index in [1.54, 1.807) is 0 Å². The first-order valence-electron chi connectivity index (χ1n) is 4.71. The van der Waals surface area contributed by atoms with Gasteiger partial charge in [0.2, 0.25) is 0 Å². The summed E-state index contributed by atoms with van der Waals surface area (Å²) in [4.78, 5) is 14.8. The molecule has 0 aliphatic carbocycles. The molecule has 0 aliphatic heterocycles. The summed E-state index contributed by atoms with van der Waals surface area (Å²) in [6.07, 6.45) is -3.08. The molecule has 3 nitrogen and oxygen atoms in total. The van der Waals surface area contributed by atoms with E-state index in [1.165, 1.54) is 6.92 Å². The number of halogens is 4. The lowest BCUT2D eigenvalue weighted by Gasteiger charge is -2.08. The van der Waals surface area contributed by atoms with Crippen molar-refractivity contribution < 1.29 is 22.7 Å². The van der Waals surface area contributed by atoms with Crippen LogP contribution >= 0.6 is 15.9 Å². The lowest BCUT2D eigenvalue weighted by atomic mass is 10.2. The fraction of sp³-hybridized carbons (Fsp3) is 0.400. The van der Waals surface area contributed by atoms with Crippen LogP contribution in [0.2, 0.25) is 0 Å². The Bertz CT molecular complexity index is 426. The summed E-state index contributed by atoms with van der Waals surface area (Å²) in [5.41, 5.74) is -1.42. The number of hydrogen-bond acceptors (Lipinski definition) is 3. The molecular formula is C10H9BrF3NO2. The maximum Gasteiger partial charge on any atom is 0.341 e. The number of hydrogen-bond donors (Lipinski definition) is 0. The predicted octanol–water partition coefficient (Wildman–Crippen LogP) is 3.23. The molecule has 0 radical (unpaired) electrons. The van der Waals surface area contributed by atoms with E-state index in [0.717, 1.165) is 6.07 Å². The number of aromatic nitrogens is 1. The van der Waals surface area contributed by atoms with Gasteiger partial charge in [0.25, 0.3) is 6.43 Å². The van der Waals surface area contributed by atoms with Crippen molar-refractivity contribution in [3.05, 3.63) is 28.8 Å². The minimum atomic E-state index is -3.08. The van der Waals surface area contributed by atoms with E-state index < -0.39 is 29.5 Å². The van der Waals surface area contributed by atoms with Crippen LogP contribution < -0.4 is 0 Å². The second-order valence-electron chi connectivity index (χ2n) is 3.02. The van der Waals surface area contributed by atoms with Crippen LogP contribution in [0, 0.1) is 5.82 Å². The first-order chi connectivity index (χ1) is 8.01. The van der Waals surface area contributed by atoms with E-state index in [4.69, 9.17) is 0 Å². The van der Waals surface area contributed by atoms with Crippen molar-refractivity contribution in [1.29, 1.82) is 0 Å². The molecule has 0 N–H and O–H groups in total. The largest absolute Gasteiger partial charge is 0.462 e. The van der Waals surface area contributed by atoms with Crippen LogP contribution in [0.25, 0.3) is 0 Å². The Morgan fingerprint density at radius 1 is 1.59 bits per heavy atom. The Labute approximate surface area is 104 Å². The highest BCUT2D eigenvalue weighted by Gasteiger charge is 2.24. The van der Waals surface area contributed by atoms with Gasteiger partial charge in [-0.2, -0.15) is 0 Å². The lowest BCUT2D eigenvalue weighted by Crippen LogP contribution is -2.12. The fourth-order valence-corrected chi connectivity index (χ4v) is 1.46. The second-order valence-corrected chi connectivity index (χ2v) is 3.58. The minimum absolute atomic E-state index is 0.0360. The zero-order valence-corrected chi connectivity index (χ0v) is 10.4. The Morgan fingerprint density at radius 3 is 2.71 bits per heavy atom. The first-order valence-corrected chi connectivity index (χ1v) is 5.83. The molecule has 94 valence electrons. The topological polar surface area (TPSA) is 39.2 Å². The molecule has 0 atom stereocenters. The molecule has 0 saturated heterocycles. The predicted molar refractivity (Wildman–Crippen MR) is 57.7 cm³/mol. The van der Waals surface area contributed by atoms with Crippen molar-refractivity contribution >= 4 is 21.9 Å². The minimum Gasteiger partial charge on any atom is -0.462 e.